The second-order valence-corrected chi connectivity index (χ2v) is 35.9. The minimum Gasteiger partial charge on any atom is -0.430 e. The highest BCUT2D eigenvalue weighted by Gasteiger charge is 2.56. The molecule has 22 aromatic carbocycles. The summed E-state index contributed by atoms with van der Waals surface area (Å²) in [5, 5.41) is 0. The number of hydrogen-bond donors (Lipinski definition) is 0. The van der Waals surface area contributed by atoms with Crippen molar-refractivity contribution in [2.75, 3.05) is 23.7 Å². The molecule has 0 atom stereocenters. The third-order valence-electron chi connectivity index (χ3n) is 27.0. The first kappa shape index (κ1) is 92.3. The second kappa shape index (κ2) is 45.2. The van der Waals surface area contributed by atoms with Crippen molar-refractivity contribution in [2.24, 2.45) is 0 Å². The monoisotopic (exact) mass is 1840 g/mol. The molecule has 0 saturated carbocycles. The Morgan fingerprint density at radius 1 is 0.118 bits per heavy atom. The Labute approximate surface area is 850 Å². The molecule has 5 nitrogen and oxygen atoms in total. The Morgan fingerprint density at radius 2 is 0.278 bits per heavy atom. The summed E-state index contributed by atoms with van der Waals surface area (Å²) in [4.78, 5) is 2.36. The van der Waals surface area contributed by atoms with Crippen LogP contribution in [0.25, 0.3) is 111 Å². The van der Waals surface area contributed by atoms with Gasteiger partial charge in [-0.15, -0.1) is 0 Å². The molecule has 2 heterocycles. The highest BCUT2D eigenvalue weighted by atomic mass is 15.3. The van der Waals surface area contributed by atoms with E-state index < -0.39 is 0 Å². The third kappa shape index (κ3) is 20.3. The quantitative estimate of drug-likeness (QED) is 0.0705. The highest BCUT2D eigenvalue weighted by Crippen LogP contribution is 2.56. The van der Waals surface area contributed by atoms with Crippen LogP contribution in [0.1, 0.15) is 0 Å². The fourth-order valence-electron chi connectivity index (χ4n) is 20.8. The van der Waals surface area contributed by atoms with E-state index in [4.69, 9.17) is 0 Å². The predicted octanol–water partition coefficient (Wildman–Crippen LogP) is 30.1. The first-order valence-electron chi connectivity index (χ1n) is 49.7. The molecule has 2 aliphatic rings. The molecule has 0 amide bonds. The van der Waals surface area contributed by atoms with Crippen LogP contribution in [0, 0.1) is 0 Å². The zero-order chi connectivity index (χ0) is 96.6. The average Bonchev–Trinajstić information content (AvgIpc) is 0.707. The fourth-order valence-corrected chi connectivity index (χ4v) is 20.8. The van der Waals surface area contributed by atoms with Gasteiger partial charge in [0.05, 0.1) is 0 Å². The zero-order valence-corrected chi connectivity index (χ0v) is 80.2. The molecule has 1 saturated heterocycles. The van der Waals surface area contributed by atoms with Gasteiger partial charge in [-0.1, -0.05) is 570 Å². The van der Waals surface area contributed by atoms with Crippen LogP contribution in [-0.2, 0) is 0 Å². The van der Waals surface area contributed by atoms with Gasteiger partial charge in [-0.3, -0.25) is 0 Å². The number of hydrogen-bond acceptors (Lipinski definition) is 5. The molecule has 144 heavy (non-hydrogen) atoms. The lowest BCUT2D eigenvalue weighted by molar-refractivity contribution is 1.29. The van der Waals surface area contributed by atoms with Crippen LogP contribution >= 0.6 is 0 Å². The smallest absolute Gasteiger partial charge is 0.403 e. The number of nitrogens with zero attached hydrogens (tertiary/aromatic N) is 5. The van der Waals surface area contributed by atoms with Crippen LogP contribution in [0.3, 0.4) is 0 Å². The minimum absolute atomic E-state index is 0.0335. The summed E-state index contributed by atoms with van der Waals surface area (Å²) >= 11 is 0. The molecule has 2 aliphatic heterocycles. The zero-order valence-electron chi connectivity index (χ0n) is 80.2. The lowest BCUT2D eigenvalue weighted by Crippen LogP contribution is -2.86. The van der Waals surface area contributed by atoms with Gasteiger partial charge in [0.1, 0.15) is 0 Å². The van der Waals surface area contributed by atoms with Gasteiger partial charge in [-0.05, 0) is 200 Å². The van der Waals surface area contributed by atoms with E-state index in [1.54, 1.807) is 0 Å². The Balaban J connectivity index is 0.000000115. The van der Waals surface area contributed by atoms with Crippen molar-refractivity contribution in [2.45, 2.75) is 0 Å². The first-order valence-corrected chi connectivity index (χ1v) is 49.7. The van der Waals surface area contributed by atoms with E-state index in [1.807, 2.05) is 0 Å². The van der Waals surface area contributed by atoms with Crippen molar-refractivity contribution in [3.05, 3.63) is 631 Å². The molecule has 0 aromatic heterocycles. The van der Waals surface area contributed by atoms with Gasteiger partial charge < -0.3 is 23.7 Å². The minimum atomic E-state index is -0.105. The molecule has 0 radical (unpaired) electrons. The second-order valence-electron chi connectivity index (χ2n) is 35.9. The summed E-state index contributed by atoms with van der Waals surface area (Å²) in [7, 11) is 0. The van der Waals surface area contributed by atoms with Crippen LogP contribution < -0.4 is 51.0 Å². The molecule has 0 bridgehead atoms. The molecule has 10 heteroatoms. The highest BCUT2D eigenvalue weighted by molar-refractivity contribution is 7.15. The molecule has 680 valence electrons. The van der Waals surface area contributed by atoms with E-state index in [-0.39, 0.29) is 34.8 Å². The van der Waals surface area contributed by atoms with Crippen molar-refractivity contribution >= 4 is 90.5 Å². The molecule has 24 rings (SSSR count). The van der Waals surface area contributed by atoms with E-state index in [1.165, 1.54) is 150 Å². The van der Waals surface area contributed by atoms with Crippen molar-refractivity contribution in [3.63, 3.8) is 0 Å². The van der Waals surface area contributed by atoms with Gasteiger partial charge >= 0.3 is 34.8 Å². The van der Waals surface area contributed by atoms with Crippen molar-refractivity contribution in [3.8, 4) is 111 Å². The van der Waals surface area contributed by atoms with Gasteiger partial charge in [0.15, 0.2) is 0 Å². The van der Waals surface area contributed by atoms with Crippen LogP contribution in [0.15, 0.2) is 631 Å². The largest absolute Gasteiger partial charge is 0.430 e. The van der Waals surface area contributed by atoms with Crippen molar-refractivity contribution in [1.29, 1.82) is 0 Å². The van der Waals surface area contributed by atoms with E-state index in [2.05, 4.69) is 655 Å². The van der Waals surface area contributed by atoms with Gasteiger partial charge in [0.25, 0.3) is 0 Å². The molecular formula is C134H104B5N5. The number of anilines is 5. The Bertz CT molecular complexity index is 6880. The standard InChI is InChI=1S/C42H30.C36H30B3N3.C30H22.C26H22B2N2/c1-7-19-31(20-8-1)37-38(32-21-9-2-10-22-32)40(34-25-13-4-14-26-34)42(36-29-17-6-18-30-36)41(35-27-15-5-16-28-35)39(37)33-23-11-3-12-24-33;1-7-19-31(20-8-1)37-40(34-25-13-4-14-26-34)38(32-21-9-2-10-22-32)42(36-29-17-6-18-30-36)39(33-23-11-3-12-24-33)41(37)35-27-15-5-16-28-35;1-5-13-23(14-6-1)27-21-22-28(24-15-7-2-8-16-24)30(26-19-11-4-12-20-26)29(27)25-17-9-3-10-18-25;1-5-13-23(14-6-1)27-21-22-29(25-17-9-3-10-18-25)28(24-15-7-2-8-16-24)30(27)26-19-11-4-12-20-26/h2*1-30H;2*1-22H. The molecular weight excluding hydrogens is 1730 g/mol. The fraction of sp³-hybridized carbons (Fsp3) is 0. The average molecular weight is 1840 g/mol. The summed E-state index contributed by atoms with van der Waals surface area (Å²) in [6.45, 7) is -0.144. The maximum Gasteiger partial charge on any atom is 0.403 e. The van der Waals surface area contributed by atoms with E-state index in [0.29, 0.717) is 0 Å². The van der Waals surface area contributed by atoms with Crippen molar-refractivity contribution in [1.82, 2.24) is 0 Å². The lowest BCUT2D eigenvalue weighted by atomic mass is 9.37. The topological polar surface area (TPSA) is 16.2 Å². The summed E-state index contributed by atoms with van der Waals surface area (Å²) in [6.07, 6.45) is 2.24. The van der Waals surface area contributed by atoms with Gasteiger partial charge in [0, 0.05) is 28.4 Å². The normalized spacial score (nSPS) is 12.1. The number of para-hydroxylation sites is 5. The summed E-state index contributed by atoms with van der Waals surface area (Å²) in [5.74, 6) is 2.30. The molecule has 0 N–H and O–H groups in total. The Kier molecular flexibility index (Phi) is 29.0. The lowest BCUT2D eigenvalue weighted by Gasteiger charge is -2.57. The maximum atomic E-state index is 2.59. The van der Waals surface area contributed by atoms with Gasteiger partial charge in [-0.2, -0.15) is 0 Å². The summed E-state index contributed by atoms with van der Waals surface area (Å²) in [6, 6.07) is 221. The van der Waals surface area contributed by atoms with Crippen LogP contribution in [0.4, 0.5) is 28.4 Å². The molecule has 0 aliphatic carbocycles. The molecule has 0 spiro atoms. The Morgan fingerprint density at radius 3 is 0.493 bits per heavy atom. The molecule has 0 unspecified atom stereocenters. The molecule has 1 fully saturated rings. The Hall–Kier alpha value is -18.1. The first-order chi connectivity index (χ1) is 71.6. The predicted molar refractivity (Wildman–Crippen MR) is 620 cm³/mol. The summed E-state index contributed by atoms with van der Waals surface area (Å²) < 4.78 is 10.3. The van der Waals surface area contributed by atoms with E-state index in [0.717, 1.165) is 17.1 Å². The SMILES string of the molecule is C1=CN(c2ccccc2)B(c2ccccc2)N(c2ccccc2)B1c1ccccc1.c1ccc(-c2c(-c3ccccc3)c(-c3ccccc3)c(-c3ccccc3)c(-c3ccccc3)c2-c2ccccc2)cc1.c1ccc(-c2ccc(-c3ccccc3)c(-c3ccccc3)c2-c2ccccc2)cc1.c1ccc(B2N(c3ccccc3)B(c3ccccc3)N(c3ccccc3)B(c3ccccc3)N2c2ccccc2)cc1. The van der Waals surface area contributed by atoms with Crippen molar-refractivity contribution < 1.29 is 0 Å². The summed E-state index contributed by atoms with van der Waals surface area (Å²) in [5.41, 5.74) is 36.7. The van der Waals surface area contributed by atoms with Gasteiger partial charge in [0.2, 0.25) is 0 Å². The molecule has 22 aromatic rings. The van der Waals surface area contributed by atoms with E-state index >= 15 is 0 Å². The maximum absolute atomic E-state index is 2.59. The third-order valence-corrected chi connectivity index (χ3v) is 27.0. The van der Waals surface area contributed by atoms with E-state index in [9.17, 15) is 0 Å². The van der Waals surface area contributed by atoms with Crippen LogP contribution in [-0.4, -0.2) is 34.8 Å². The van der Waals surface area contributed by atoms with Gasteiger partial charge in [-0.25, -0.2) is 0 Å². The van der Waals surface area contributed by atoms with Crippen LogP contribution in [0.2, 0.25) is 0 Å². The number of benzene rings is 22. The van der Waals surface area contributed by atoms with Crippen LogP contribution in [0.5, 0.6) is 0 Å². The number of rotatable bonds is 20.